The van der Waals surface area contributed by atoms with Crippen LogP contribution in [0.5, 0.6) is 11.5 Å². The molecular weight excluding hydrogens is 396 g/mol. The largest absolute Gasteiger partial charge is 0.454 e. The van der Waals surface area contributed by atoms with E-state index < -0.39 is 0 Å². The Morgan fingerprint density at radius 1 is 1.32 bits per heavy atom. The highest BCUT2D eigenvalue weighted by Crippen LogP contribution is 2.32. The SMILES string of the molecule is C[C@H](Sc1nnc(Cc2cccs2)n1C)C(=O)NCc1ccc2c(c1)OCO2. The van der Waals surface area contributed by atoms with Crippen molar-refractivity contribution in [1.29, 1.82) is 0 Å². The number of aromatic nitrogens is 3. The van der Waals surface area contributed by atoms with Crippen molar-refractivity contribution < 1.29 is 14.3 Å². The van der Waals surface area contributed by atoms with Crippen molar-refractivity contribution in [3.63, 3.8) is 0 Å². The lowest BCUT2D eigenvalue weighted by Gasteiger charge is -2.12. The smallest absolute Gasteiger partial charge is 0.233 e. The van der Waals surface area contributed by atoms with E-state index in [2.05, 4.69) is 21.6 Å². The summed E-state index contributed by atoms with van der Waals surface area (Å²) in [7, 11) is 1.93. The summed E-state index contributed by atoms with van der Waals surface area (Å²) in [6, 6.07) is 9.78. The van der Waals surface area contributed by atoms with Crippen molar-refractivity contribution in [2.24, 2.45) is 7.05 Å². The number of nitrogens with one attached hydrogen (secondary N) is 1. The Balaban J connectivity index is 1.32. The number of ether oxygens (including phenoxy) is 2. The van der Waals surface area contributed by atoms with Gasteiger partial charge in [-0.2, -0.15) is 0 Å². The zero-order valence-electron chi connectivity index (χ0n) is 15.5. The van der Waals surface area contributed by atoms with Gasteiger partial charge in [-0.25, -0.2) is 0 Å². The van der Waals surface area contributed by atoms with Gasteiger partial charge in [0.25, 0.3) is 0 Å². The molecule has 1 aliphatic heterocycles. The third kappa shape index (κ3) is 4.15. The topological polar surface area (TPSA) is 78.3 Å². The highest BCUT2D eigenvalue weighted by Gasteiger charge is 2.19. The molecule has 7 nitrogen and oxygen atoms in total. The fourth-order valence-electron chi connectivity index (χ4n) is 2.77. The van der Waals surface area contributed by atoms with Gasteiger partial charge in [0.15, 0.2) is 16.7 Å². The quantitative estimate of drug-likeness (QED) is 0.597. The van der Waals surface area contributed by atoms with Crippen LogP contribution >= 0.6 is 23.1 Å². The molecule has 0 aliphatic carbocycles. The van der Waals surface area contributed by atoms with E-state index in [1.807, 2.05) is 48.2 Å². The molecule has 0 fully saturated rings. The first-order chi connectivity index (χ1) is 13.6. The second-order valence-electron chi connectivity index (χ2n) is 6.38. The monoisotopic (exact) mass is 416 g/mol. The first kappa shape index (κ1) is 18.8. The lowest BCUT2D eigenvalue weighted by Crippen LogP contribution is -2.30. The van der Waals surface area contributed by atoms with E-state index in [4.69, 9.17) is 9.47 Å². The number of thioether (sulfide) groups is 1. The third-order valence-electron chi connectivity index (χ3n) is 4.39. The third-order valence-corrected chi connectivity index (χ3v) is 6.40. The van der Waals surface area contributed by atoms with Gasteiger partial charge < -0.3 is 19.4 Å². The van der Waals surface area contributed by atoms with Crippen LogP contribution in [0.15, 0.2) is 40.9 Å². The molecule has 1 aliphatic rings. The second kappa shape index (κ2) is 8.24. The van der Waals surface area contributed by atoms with Crippen LogP contribution in [0.4, 0.5) is 0 Å². The Morgan fingerprint density at radius 3 is 3.00 bits per heavy atom. The number of nitrogens with zero attached hydrogens (tertiary/aromatic N) is 3. The summed E-state index contributed by atoms with van der Waals surface area (Å²) in [4.78, 5) is 13.7. The summed E-state index contributed by atoms with van der Waals surface area (Å²) in [5.41, 5.74) is 0.965. The molecule has 3 aromatic rings. The molecule has 9 heteroatoms. The number of thiophene rings is 1. The number of amides is 1. The maximum Gasteiger partial charge on any atom is 0.233 e. The van der Waals surface area contributed by atoms with Crippen LogP contribution in [0, 0.1) is 0 Å². The fraction of sp³-hybridized carbons (Fsp3) is 0.316. The summed E-state index contributed by atoms with van der Waals surface area (Å²) in [5.74, 6) is 2.29. The fourth-order valence-corrected chi connectivity index (χ4v) is 4.33. The predicted molar refractivity (Wildman–Crippen MR) is 108 cm³/mol. The van der Waals surface area contributed by atoms with Crippen molar-refractivity contribution in [1.82, 2.24) is 20.1 Å². The van der Waals surface area contributed by atoms with Gasteiger partial charge >= 0.3 is 0 Å². The minimum atomic E-state index is -0.286. The standard InChI is InChI=1S/C19H20N4O3S2/c1-12(18(24)20-10-13-5-6-15-16(8-13)26-11-25-15)28-19-22-21-17(23(19)2)9-14-4-3-7-27-14/h3-8,12H,9-11H2,1-2H3,(H,20,24)/t12-/m0/s1. The van der Waals surface area contributed by atoms with E-state index in [9.17, 15) is 4.79 Å². The first-order valence-corrected chi connectivity index (χ1v) is 10.6. The van der Waals surface area contributed by atoms with Crippen LogP contribution in [0.1, 0.15) is 23.2 Å². The highest BCUT2D eigenvalue weighted by atomic mass is 32.2. The molecule has 1 amide bonds. The van der Waals surface area contributed by atoms with Gasteiger partial charge in [0, 0.05) is 24.9 Å². The van der Waals surface area contributed by atoms with Crippen LogP contribution in [0.25, 0.3) is 0 Å². The minimum absolute atomic E-state index is 0.0505. The van der Waals surface area contributed by atoms with E-state index in [0.717, 1.165) is 28.7 Å². The van der Waals surface area contributed by atoms with Crippen molar-refractivity contribution in [3.8, 4) is 11.5 Å². The zero-order chi connectivity index (χ0) is 19.5. The van der Waals surface area contributed by atoms with E-state index >= 15 is 0 Å². The molecule has 28 heavy (non-hydrogen) atoms. The normalized spacial score (nSPS) is 13.5. The Labute approximate surface area is 171 Å². The molecule has 0 unspecified atom stereocenters. The summed E-state index contributed by atoms with van der Waals surface area (Å²) in [6.45, 7) is 2.54. The van der Waals surface area contributed by atoms with E-state index in [1.54, 1.807) is 11.3 Å². The van der Waals surface area contributed by atoms with Crippen LogP contribution < -0.4 is 14.8 Å². The lowest BCUT2D eigenvalue weighted by atomic mass is 10.2. The molecule has 0 radical (unpaired) electrons. The average Bonchev–Trinajstić information content (AvgIpc) is 3.44. The second-order valence-corrected chi connectivity index (χ2v) is 8.72. The Kier molecular flexibility index (Phi) is 5.54. The van der Waals surface area contributed by atoms with E-state index in [-0.39, 0.29) is 18.0 Å². The highest BCUT2D eigenvalue weighted by molar-refractivity contribution is 8.00. The molecule has 146 valence electrons. The van der Waals surface area contributed by atoms with Crippen LogP contribution in [0.2, 0.25) is 0 Å². The number of fused-ring (bicyclic) bond motifs is 1. The maximum atomic E-state index is 12.5. The molecular formula is C19H20N4O3S2. The van der Waals surface area contributed by atoms with Gasteiger partial charge in [-0.15, -0.1) is 21.5 Å². The minimum Gasteiger partial charge on any atom is -0.454 e. The summed E-state index contributed by atoms with van der Waals surface area (Å²) < 4.78 is 12.6. The molecule has 4 rings (SSSR count). The summed E-state index contributed by atoms with van der Waals surface area (Å²) in [5, 5.41) is 14.0. The first-order valence-electron chi connectivity index (χ1n) is 8.83. The van der Waals surface area contributed by atoms with Crippen molar-refractivity contribution in [2.45, 2.75) is 30.3 Å². The zero-order valence-corrected chi connectivity index (χ0v) is 17.2. The maximum absolute atomic E-state index is 12.5. The van der Waals surface area contributed by atoms with Gasteiger partial charge in [-0.05, 0) is 36.1 Å². The van der Waals surface area contributed by atoms with Gasteiger partial charge in [-0.1, -0.05) is 23.9 Å². The van der Waals surface area contributed by atoms with Crippen LogP contribution in [-0.4, -0.2) is 32.7 Å². The Hall–Kier alpha value is -2.52. The number of rotatable bonds is 7. The molecule has 0 saturated heterocycles. The Morgan fingerprint density at radius 2 is 2.18 bits per heavy atom. The van der Waals surface area contributed by atoms with E-state index in [0.29, 0.717) is 12.3 Å². The molecule has 2 aromatic heterocycles. The molecule has 0 bridgehead atoms. The number of carbonyl (C=O) groups excluding carboxylic acids is 1. The lowest BCUT2D eigenvalue weighted by molar-refractivity contribution is -0.120. The Bertz CT molecular complexity index is 972. The van der Waals surface area contributed by atoms with Gasteiger partial charge in [-0.3, -0.25) is 4.79 Å². The predicted octanol–water partition coefficient (Wildman–Crippen LogP) is 2.99. The summed E-state index contributed by atoms with van der Waals surface area (Å²) in [6.07, 6.45) is 0.742. The molecule has 1 N–H and O–H groups in total. The van der Waals surface area contributed by atoms with Gasteiger partial charge in [0.05, 0.1) is 5.25 Å². The molecule has 0 spiro atoms. The van der Waals surface area contributed by atoms with Crippen LogP contribution in [-0.2, 0) is 24.8 Å². The van der Waals surface area contributed by atoms with Gasteiger partial charge in [0.2, 0.25) is 12.7 Å². The van der Waals surface area contributed by atoms with Crippen LogP contribution in [0.3, 0.4) is 0 Å². The molecule has 1 aromatic carbocycles. The number of hydrogen-bond acceptors (Lipinski definition) is 7. The molecule has 1 atom stereocenters. The number of carbonyl (C=O) groups is 1. The van der Waals surface area contributed by atoms with Crippen molar-refractivity contribution >= 4 is 29.0 Å². The summed E-state index contributed by atoms with van der Waals surface area (Å²) >= 11 is 3.10. The van der Waals surface area contributed by atoms with Crippen molar-refractivity contribution in [2.75, 3.05) is 6.79 Å². The van der Waals surface area contributed by atoms with E-state index in [1.165, 1.54) is 16.6 Å². The molecule has 0 saturated carbocycles. The number of benzene rings is 1. The average molecular weight is 417 g/mol. The molecule has 3 heterocycles. The van der Waals surface area contributed by atoms with Crippen molar-refractivity contribution in [3.05, 3.63) is 52.0 Å². The number of hydrogen-bond donors (Lipinski definition) is 1. The van der Waals surface area contributed by atoms with Gasteiger partial charge in [0.1, 0.15) is 5.82 Å².